The molecule has 0 amide bonds. The Hall–Kier alpha value is -3.32. The summed E-state index contributed by atoms with van der Waals surface area (Å²) in [6.07, 6.45) is 6.17. The van der Waals surface area contributed by atoms with Gasteiger partial charge < -0.3 is 19.1 Å². The minimum Gasteiger partial charge on any atom is -0.490 e. The molecule has 1 fully saturated rings. The molecule has 0 radical (unpaired) electrons. The zero-order valence-electron chi connectivity index (χ0n) is 20.9. The number of carboxylic acids is 1. The average Bonchev–Trinajstić information content (AvgIpc) is 3.19. The van der Waals surface area contributed by atoms with Crippen LogP contribution in [0.15, 0.2) is 36.4 Å². The van der Waals surface area contributed by atoms with Gasteiger partial charge in [0.2, 0.25) is 0 Å². The fraction of sp³-hybridized carbons (Fsp3) is 0.429. The molecule has 0 unspecified atom stereocenters. The number of fused-ring (bicyclic) bond motifs is 2. The molecule has 7 heteroatoms. The molecule has 2 aliphatic rings. The van der Waals surface area contributed by atoms with Gasteiger partial charge in [-0.3, -0.25) is 4.90 Å². The minimum atomic E-state index is -0.925. The summed E-state index contributed by atoms with van der Waals surface area (Å²) in [6.45, 7) is 11.7. The highest BCUT2D eigenvalue weighted by atomic mass is 16.5. The molecule has 35 heavy (non-hydrogen) atoms. The molecule has 2 aromatic carbocycles. The van der Waals surface area contributed by atoms with Gasteiger partial charge in [0.25, 0.3) is 0 Å². The fourth-order valence-electron chi connectivity index (χ4n) is 5.50. The van der Waals surface area contributed by atoms with Crippen LogP contribution < -0.4 is 9.47 Å². The standard InChI is InChI=1S/C28H33N3O4/c1-5-34-25-17-21(15-19-7-6-14-35-26(19)25)28(3,4)30-12-10-22(11-13-30)31-18(2)29-23-16-20(27(32)33)8-9-24(23)31/h6-9,15-17,22H,5,10-14H2,1-4H3,(H,32,33). The number of carbonyl (C=O) groups is 1. The van der Waals surface area contributed by atoms with E-state index in [1.165, 1.54) is 5.56 Å². The van der Waals surface area contributed by atoms with Crippen molar-refractivity contribution in [1.29, 1.82) is 0 Å². The molecule has 2 aliphatic heterocycles. The van der Waals surface area contributed by atoms with Gasteiger partial charge in [-0.05, 0) is 82.5 Å². The van der Waals surface area contributed by atoms with E-state index < -0.39 is 5.97 Å². The van der Waals surface area contributed by atoms with Crippen molar-refractivity contribution < 1.29 is 19.4 Å². The fourth-order valence-corrected chi connectivity index (χ4v) is 5.50. The number of benzene rings is 2. The second-order valence-electron chi connectivity index (χ2n) is 9.85. The number of hydrogen-bond acceptors (Lipinski definition) is 5. The number of hydrogen-bond donors (Lipinski definition) is 1. The van der Waals surface area contributed by atoms with E-state index in [0.717, 1.165) is 59.9 Å². The van der Waals surface area contributed by atoms with Gasteiger partial charge in [0.05, 0.1) is 23.2 Å². The smallest absolute Gasteiger partial charge is 0.335 e. The predicted molar refractivity (Wildman–Crippen MR) is 136 cm³/mol. The number of piperidine rings is 1. The number of rotatable bonds is 6. The lowest BCUT2D eigenvalue weighted by atomic mass is 9.87. The maximum absolute atomic E-state index is 11.4. The van der Waals surface area contributed by atoms with Crippen molar-refractivity contribution in [2.45, 2.75) is 52.1 Å². The first-order chi connectivity index (χ1) is 16.8. The van der Waals surface area contributed by atoms with E-state index in [9.17, 15) is 9.90 Å². The number of aryl methyl sites for hydroxylation is 1. The molecule has 7 nitrogen and oxygen atoms in total. The summed E-state index contributed by atoms with van der Waals surface area (Å²) in [5, 5.41) is 9.32. The Kier molecular flexibility index (Phi) is 6.05. The molecule has 5 rings (SSSR count). The van der Waals surface area contributed by atoms with Gasteiger partial charge in [0, 0.05) is 30.2 Å². The molecule has 3 aromatic rings. The van der Waals surface area contributed by atoms with E-state index in [4.69, 9.17) is 9.47 Å². The Morgan fingerprint density at radius 1 is 1.23 bits per heavy atom. The molecule has 1 N–H and O–H groups in total. The monoisotopic (exact) mass is 475 g/mol. The number of imidazole rings is 1. The molecular weight excluding hydrogens is 442 g/mol. The summed E-state index contributed by atoms with van der Waals surface area (Å²) < 4.78 is 14.1. The summed E-state index contributed by atoms with van der Waals surface area (Å²) in [6, 6.07) is 9.94. The third-order valence-corrected chi connectivity index (χ3v) is 7.44. The normalized spacial score (nSPS) is 16.8. The summed E-state index contributed by atoms with van der Waals surface area (Å²) in [5.41, 5.74) is 4.15. The Labute approximate surface area is 206 Å². The van der Waals surface area contributed by atoms with Crippen molar-refractivity contribution in [3.05, 3.63) is 58.9 Å². The molecular formula is C28H33N3O4. The van der Waals surface area contributed by atoms with Crippen LogP contribution in [0.25, 0.3) is 17.1 Å². The van der Waals surface area contributed by atoms with Gasteiger partial charge in [-0.1, -0.05) is 6.08 Å². The van der Waals surface area contributed by atoms with Crippen molar-refractivity contribution in [3.8, 4) is 11.5 Å². The van der Waals surface area contributed by atoms with Crippen LogP contribution in [0.2, 0.25) is 0 Å². The highest BCUT2D eigenvalue weighted by molar-refractivity contribution is 5.92. The Morgan fingerprint density at radius 3 is 2.71 bits per heavy atom. The van der Waals surface area contributed by atoms with Gasteiger partial charge >= 0.3 is 5.97 Å². The number of carboxylic acid groups (broad SMARTS) is 1. The van der Waals surface area contributed by atoms with Crippen LogP contribution >= 0.6 is 0 Å². The van der Waals surface area contributed by atoms with Crippen LogP contribution in [0, 0.1) is 6.92 Å². The summed E-state index contributed by atoms with van der Waals surface area (Å²) >= 11 is 0. The van der Waals surface area contributed by atoms with E-state index in [1.54, 1.807) is 12.1 Å². The molecule has 0 atom stereocenters. The number of ether oxygens (including phenoxy) is 2. The van der Waals surface area contributed by atoms with Crippen LogP contribution in [0.1, 0.15) is 67.0 Å². The number of aromatic carboxylic acids is 1. The molecule has 1 saturated heterocycles. The average molecular weight is 476 g/mol. The molecule has 0 bridgehead atoms. The molecule has 0 saturated carbocycles. The predicted octanol–water partition coefficient (Wildman–Crippen LogP) is 5.42. The summed E-state index contributed by atoms with van der Waals surface area (Å²) in [4.78, 5) is 18.6. The van der Waals surface area contributed by atoms with Crippen molar-refractivity contribution in [2.75, 3.05) is 26.3 Å². The highest BCUT2D eigenvalue weighted by Crippen LogP contribution is 2.42. The van der Waals surface area contributed by atoms with Gasteiger partial charge in [-0.25, -0.2) is 9.78 Å². The first kappa shape index (κ1) is 23.4. The Balaban J connectivity index is 1.38. The lowest BCUT2D eigenvalue weighted by Gasteiger charge is -2.44. The highest BCUT2D eigenvalue weighted by Gasteiger charge is 2.34. The van der Waals surface area contributed by atoms with Crippen molar-refractivity contribution >= 4 is 23.1 Å². The molecule has 0 aliphatic carbocycles. The third-order valence-electron chi connectivity index (χ3n) is 7.44. The van der Waals surface area contributed by atoms with E-state index in [2.05, 4.69) is 46.5 Å². The van der Waals surface area contributed by atoms with Crippen molar-refractivity contribution in [2.24, 2.45) is 0 Å². The Morgan fingerprint density at radius 2 is 2.00 bits per heavy atom. The van der Waals surface area contributed by atoms with E-state index >= 15 is 0 Å². The van der Waals surface area contributed by atoms with Crippen LogP contribution in [0.5, 0.6) is 11.5 Å². The molecule has 0 spiro atoms. The molecule has 184 valence electrons. The largest absolute Gasteiger partial charge is 0.490 e. The second-order valence-corrected chi connectivity index (χ2v) is 9.85. The van der Waals surface area contributed by atoms with E-state index in [0.29, 0.717) is 19.3 Å². The Bertz CT molecular complexity index is 1300. The maximum Gasteiger partial charge on any atom is 0.335 e. The third kappa shape index (κ3) is 4.18. The second kappa shape index (κ2) is 9.04. The van der Waals surface area contributed by atoms with Crippen molar-refractivity contribution in [3.63, 3.8) is 0 Å². The summed E-state index contributed by atoms with van der Waals surface area (Å²) in [7, 11) is 0. The van der Waals surface area contributed by atoms with E-state index in [-0.39, 0.29) is 11.1 Å². The van der Waals surface area contributed by atoms with Gasteiger partial charge in [0.1, 0.15) is 12.4 Å². The maximum atomic E-state index is 11.4. The van der Waals surface area contributed by atoms with Gasteiger partial charge in [0.15, 0.2) is 11.5 Å². The lowest BCUT2D eigenvalue weighted by Crippen LogP contribution is -2.46. The van der Waals surface area contributed by atoms with Gasteiger partial charge in [-0.15, -0.1) is 0 Å². The lowest BCUT2D eigenvalue weighted by molar-refractivity contribution is 0.0697. The van der Waals surface area contributed by atoms with E-state index in [1.807, 2.05) is 26.0 Å². The van der Waals surface area contributed by atoms with Crippen molar-refractivity contribution in [1.82, 2.24) is 14.5 Å². The first-order valence-corrected chi connectivity index (χ1v) is 12.4. The van der Waals surface area contributed by atoms with Crippen LogP contribution in [-0.2, 0) is 5.54 Å². The number of aromatic nitrogens is 2. The molecule has 1 aromatic heterocycles. The topological polar surface area (TPSA) is 76.8 Å². The van der Waals surface area contributed by atoms with Crippen LogP contribution in [0.4, 0.5) is 0 Å². The quantitative estimate of drug-likeness (QED) is 0.513. The zero-order chi connectivity index (χ0) is 24.7. The SMILES string of the molecule is CCOc1cc(C(C)(C)N2CCC(n3c(C)nc4cc(C(=O)O)ccc43)CC2)cc2c1OCC=C2. The number of likely N-dealkylation sites (tertiary alicyclic amines) is 1. The van der Waals surface area contributed by atoms with Gasteiger partial charge in [-0.2, -0.15) is 0 Å². The molecule has 3 heterocycles. The summed E-state index contributed by atoms with van der Waals surface area (Å²) in [5.74, 6) is 1.66. The zero-order valence-corrected chi connectivity index (χ0v) is 20.9. The minimum absolute atomic E-state index is 0.167. The number of nitrogens with zero attached hydrogens (tertiary/aromatic N) is 3. The van der Waals surface area contributed by atoms with Crippen LogP contribution in [0.3, 0.4) is 0 Å². The first-order valence-electron chi connectivity index (χ1n) is 12.4. The van der Waals surface area contributed by atoms with Crippen LogP contribution in [-0.4, -0.2) is 51.8 Å².